The van der Waals surface area contributed by atoms with Crippen LogP contribution in [0.3, 0.4) is 0 Å². The van der Waals surface area contributed by atoms with Crippen LogP contribution in [0.15, 0.2) is 18.2 Å². The van der Waals surface area contributed by atoms with Crippen molar-refractivity contribution in [1.29, 1.82) is 0 Å². The maximum Gasteiger partial charge on any atom is 0.321 e. The van der Waals surface area contributed by atoms with Gasteiger partial charge in [-0.3, -0.25) is 4.79 Å². The maximum absolute atomic E-state index is 13.0. The fourth-order valence-electron chi connectivity index (χ4n) is 1.38. The van der Waals surface area contributed by atoms with Crippen LogP contribution in [-0.4, -0.2) is 35.6 Å². The van der Waals surface area contributed by atoms with Crippen molar-refractivity contribution in [3.8, 4) is 0 Å². The highest BCUT2D eigenvalue weighted by molar-refractivity contribution is 6.33. The van der Waals surface area contributed by atoms with Crippen molar-refractivity contribution in [3.63, 3.8) is 0 Å². The molecule has 0 heterocycles. The molecule has 2 amide bonds. The van der Waals surface area contributed by atoms with Crippen molar-refractivity contribution in [2.75, 3.05) is 18.9 Å². The smallest absolute Gasteiger partial charge is 0.321 e. The van der Waals surface area contributed by atoms with Crippen molar-refractivity contribution in [1.82, 2.24) is 4.90 Å². The van der Waals surface area contributed by atoms with E-state index in [2.05, 4.69) is 5.32 Å². The van der Waals surface area contributed by atoms with Gasteiger partial charge in [-0.1, -0.05) is 18.5 Å². The molecule has 0 spiro atoms. The molecule has 1 aromatic rings. The molecular weight excluding hydrogens is 275 g/mol. The second-order valence-corrected chi connectivity index (χ2v) is 4.58. The van der Waals surface area contributed by atoms with E-state index >= 15 is 0 Å². The van der Waals surface area contributed by atoms with Gasteiger partial charge in [-0.25, -0.2) is 9.18 Å². The van der Waals surface area contributed by atoms with E-state index < -0.39 is 23.7 Å². The zero-order valence-corrected chi connectivity index (χ0v) is 11.2. The normalized spacial score (nSPS) is 11.8. The Morgan fingerprint density at radius 2 is 2.16 bits per heavy atom. The Balaban J connectivity index is 2.68. The quantitative estimate of drug-likeness (QED) is 0.895. The Hall–Kier alpha value is -1.82. The van der Waals surface area contributed by atoms with Gasteiger partial charge in [0.1, 0.15) is 5.82 Å². The summed E-state index contributed by atoms with van der Waals surface area (Å²) in [4.78, 5) is 23.7. The van der Waals surface area contributed by atoms with Crippen molar-refractivity contribution >= 4 is 29.3 Å². The number of nitrogens with one attached hydrogen (secondary N) is 1. The highest BCUT2D eigenvalue weighted by Crippen LogP contribution is 2.22. The Labute approximate surface area is 115 Å². The van der Waals surface area contributed by atoms with Crippen LogP contribution in [0.2, 0.25) is 5.02 Å². The lowest BCUT2D eigenvalue weighted by atomic mass is 10.2. The van der Waals surface area contributed by atoms with Crippen molar-refractivity contribution in [2.24, 2.45) is 5.92 Å². The molecule has 0 fully saturated rings. The molecule has 1 rings (SSSR count). The highest BCUT2D eigenvalue weighted by Gasteiger charge is 2.18. The van der Waals surface area contributed by atoms with Crippen LogP contribution in [0.25, 0.3) is 0 Å². The summed E-state index contributed by atoms with van der Waals surface area (Å²) in [6.45, 7) is 1.52. The number of carboxylic acids is 1. The average molecular weight is 289 g/mol. The van der Waals surface area contributed by atoms with E-state index in [1.54, 1.807) is 0 Å². The molecule has 2 N–H and O–H groups in total. The van der Waals surface area contributed by atoms with Gasteiger partial charge >= 0.3 is 12.0 Å². The minimum atomic E-state index is -0.997. The van der Waals surface area contributed by atoms with Gasteiger partial charge in [0, 0.05) is 13.6 Å². The highest BCUT2D eigenvalue weighted by atomic mass is 35.5. The summed E-state index contributed by atoms with van der Waals surface area (Å²) >= 11 is 5.81. The molecule has 104 valence electrons. The van der Waals surface area contributed by atoms with Crippen molar-refractivity contribution in [3.05, 3.63) is 29.0 Å². The van der Waals surface area contributed by atoms with E-state index in [4.69, 9.17) is 16.7 Å². The van der Waals surface area contributed by atoms with E-state index in [1.807, 2.05) is 0 Å². The predicted molar refractivity (Wildman–Crippen MR) is 69.9 cm³/mol. The zero-order valence-electron chi connectivity index (χ0n) is 10.5. The number of carbonyl (C=O) groups is 2. The number of carbonyl (C=O) groups excluding carboxylic acids is 1. The minimum Gasteiger partial charge on any atom is -0.481 e. The molecule has 1 atom stereocenters. The predicted octanol–water partition coefficient (Wildman–Crippen LogP) is 2.66. The monoisotopic (exact) mass is 288 g/mol. The largest absolute Gasteiger partial charge is 0.481 e. The number of nitrogens with zero attached hydrogens (tertiary/aromatic N) is 1. The van der Waals surface area contributed by atoms with Gasteiger partial charge in [0.15, 0.2) is 0 Å². The third kappa shape index (κ3) is 4.40. The molecule has 0 bridgehead atoms. The van der Waals surface area contributed by atoms with E-state index in [9.17, 15) is 14.0 Å². The van der Waals surface area contributed by atoms with Crippen LogP contribution in [0.4, 0.5) is 14.9 Å². The van der Waals surface area contributed by atoms with Crippen LogP contribution in [0, 0.1) is 11.7 Å². The van der Waals surface area contributed by atoms with Crippen LogP contribution in [0.5, 0.6) is 0 Å². The molecular formula is C12H14ClFN2O3. The van der Waals surface area contributed by atoms with E-state index in [1.165, 1.54) is 31.0 Å². The second kappa shape index (κ2) is 6.38. The number of urea groups is 1. The van der Waals surface area contributed by atoms with Crippen LogP contribution in [-0.2, 0) is 4.79 Å². The summed E-state index contributed by atoms with van der Waals surface area (Å²) in [5.74, 6) is -2.22. The molecule has 0 saturated heterocycles. The Kier molecular flexibility index (Phi) is 5.11. The van der Waals surface area contributed by atoms with Gasteiger partial charge in [0.2, 0.25) is 0 Å². The first-order valence-electron chi connectivity index (χ1n) is 5.51. The number of aliphatic carboxylic acids is 1. The van der Waals surface area contributed by atoms with Gasteiger partial charge in [-0.2, -0.15) is 0 Å². The molecule has 0 aliphatic carbocycles. The maximum atomic E-state index is 13.0. The lowest BCUT2D eigenvalue weighted by molar-refractivity contribution is -0.141. The first-order valence-corrected chi connectivity index (χ1v) is 5.89. The molecule has 1 aromatic carbocycles. The van der Waals surface area contributed by atoms with E-state index in [-0.39, 0.29) is 17.3 Å². The Bertz CT molecular complexity index is 496. The van der Waals surface area contributed by atoms with E-state index in [0.717, 1.165) is 6.07 Å². The first kappa shape index (κ1) is 15.2. The summed E-state index contributed by atoms with van der Waals surface area (Å²) in [6.07, 6.45) is 0. The number of hydrogen-bond acceptors (Lipinski definition) is 2. The molecule has 7 heteroatoms. The number of benzene rings is 1. The summed E-state index contributed by atoms with van der Waals surface area (Å²) < 4.78 is 13.0. The first-order chi connectivity index (χ1) is 8.81. The lowest BCUT2D eigenvalue weighted by Crippen LogP contribution is -2.36. The fourth-order valence-corrected chi connectivity index (χ4v) is 1.54. The van der Waals surface area contributed by atoms with Crippen LogP contribution in [0.1, 0.15) is 6.92 Å². The molecule has 1 unspecified atom stereocenters. The summed E-state index contributed by atoms with van der Waals surface area (Å²) in [7, 11) is 1.45. The zero-order chi connectivity index (χ0) is 14.6. The van der Waals surface area contributed by atoms with Crippen molar-refractivity contribution in [2.45, 2.75) is 6.92 Å². The van der Waals surface area contributed by atoms with Crippen LogP contribution < -0.4 is 5.32 Å². The van der Waals surface area contributed by atoms with Gasteiger partial charge in [-0.05, 0) is 18.2 Å². The third-order valence-corrected chi connectivity index (χ3v) is 2.82. The number of anilines is 1. The standard InChI is InChI=1S/C12H14ClFN2O3/c1-7(11(17)18)6-16(2)12(19)15-10-5-8(14)3-4-9(10)13/h3-5,7H,6H2,1-2H3,(H,15,19)(H,17,18). The van der Waals surface area contributed by atoms with Gasteiger partial charge < -0.3 is 15.3 Å². The Morgan fingerprint density at radius 1 is 1.53 bits per heavy atom. The number of hydrogen-bond donors (Lipinski definition) is 2. The van der Waals surface area contributed by atoms with Gasteiger partial charge in [0.25, 0.3) is 0 Å². The molecule has 0 aliphatic rings. The SMILES string of the molecule is CC(CN(C)C(=O)Nc1cc(F)ccc1Cl)C(=O)O. The van der Waals surface area contributed by atoms with Crippen molar-refractivity contribution < 1.29 is 19.1 Å². The van der Waals surface area contributed by atoms with Crippen LogP contribution >= 0.6 is 11.6 Å². The molecule has 0 aliphatic heterocycles. The number of rotatable bonds is 4. The molecule has 0 saturated carbocycles. The number of amides is 2. The van der Waals surface area contributed by atoms with Gasteiger partial charge in [-0.15, -0.1) is 0 Å². The third-order valence-electron chi connectivity index (χ3n) is 2.49. The fraction of sp³-hybridized carbons (Fsp3) is 0.333. The molecule has 5 nitrogen and oxygen atoms in total. The average Bonchev–Trinajstić information content (AvgIpc) is 2.33. The summed E-state index contributed by atoms with van der Waals surface area (Å²) in [6, 6.07) is 3.04. The summed E-state index contributed by atoms with van der Waals surface area (Å²) in [5, 5.41) is 11.4. The Morgan fingerprint density at radius 3 is 2.74 bits per heavy atom. The minimum absolute atomic E-state index is 0.0358. The number of carboxylic acid groups (broad SMARTS) is 1. The van der Waals surface area contributed by atoms with E-state index in [0.29, 0.717) is 0 Å². The number of halogens is 2. The lowest BCUT2D eigenvalue weighted by Gasteiger charge is -2.20. The second-order valence-electron chi connectivity index (χ2n) is 4.17. The van der Waals surface area contributed by atoms with Gasteiger partial charge in [0.05, 0.1) is 16.6 Å². The molecule has 0 radical (unpaired) electrons. The molecule has 19 heavy (non-hydrogen) atoms. The topological polar surface area (TPSA) is 69.6 Å². The summed E-state index contributed by atoms with van der Waals surface area (Å²) in [5.41, 5.74) is 0.140. The molecule has 0 aromatic heterocycles.